The Morgan fingerprint density at radius 2 is 2.21 bits per heavy atom. The zero-order valence-corrected chi connectivity index (χ0v) is 11.0. The van der Waals surface area contributed by atoms with Crippen LogP contribution in [0.1, 0.15) is 42.9 Å². The Morgan fingerprint density at radius 3 is 2.89 bits per heavy atom. The summed E-state index contributed by atoms with van der Waals surface area (Å²) in [5.41, 5.74) is 1.26. The molecule has 0 radical (unpaired) electrons. The summed E-state index contributed by atoms with van der Waals surface area (Å²) >= 11 is 0. The van der Waals surface area contributed by atoms with Gasteiger partial charge in [0.05, 0.1) is 17.7 Å². The molecule has 19 heavy (non-hydrogen) atoms. The first-order valence-electron chi connectivity index (χ1n) is 6.18. The summed E-state index contributed by atoms with van der Waals surface area (Å²) in [6.45, 7) is 4.03. The van der Waals surface area contributed by atoms with Gasteiger partial charge in [-0.2, -0.15) is 10.4 Å². The molecule has 1 unspecified atom stereocenters. The number of aromatic nitrogens is 3. The van der Waals surface area contributed by atoms with Crippen LogP contribution >= 0.6 is 0 Å². The monoisotopic (exact) mass is 256 g/mol. The van der Waals surface area contributed by atoms with E-state index in [4.69, 9.17) is 5.26 Å². The number of rotatable bonds is 4. The van der Waals surface area contributed by atoms with Crippen LogP contribution in [0.25, 0.3) is 0 Å². The Kier molecular flexibility index (Phi) is 3.93. The Labute approximate surface area is 112 Å². The van der Waals surface area contributed by atoms with Gasteiger partial charge in [0.25, 0.3) is 0 Å². The molecule has 1 aromatic heterocycles. The van der Waals surface area contributed by atoms with Crippen molar-refractivity contribution in [3.8, 4) is 6.07 Å². The standard InChI is InChI=1S/C14H16N4O/c1-10(2)18-14(16-9-17-18)7-13(19)12-5-3-4-11(6-12)8-15/h3-6,9-10,13,19H,7H2,1-2H3. The molecule has 0 saturated heterocycles. The molecule has 0 spiro atoms. The van der Waals surface area contributed by atoms with Crippen LogP contribution in [-0.4, -0.2) is 19.9 Å². The van der Waals surface area contributed by atoms with Gasteiger partial charge < -0.3 is 5.11 Å². The Morgan fingerprint density at radius 1 is 1.42 bits per heavy atom. The van der Waals surface area contributed by atoms with Crippen molar-refractivity contribution in [3.63, 3.8) is 0 Å². The number of aliphatic hydroxyl groups is 1. The molecule has 1 aromatic carbocycles. The quantitative estimate of drug-likeness (QED) is 0.908. The maximum atomic E-state index is 10.2. The molecule has 0 aliphatic heterocycles. The molecule has 1 atom stereocenters. The second-order valence-electron chi connectivity index (χ2n) is 4.67. The van der Waals surface area contributed by atoms with Crippen LogP contribution < -0.4 is 0 Å². The van der Waals surface area contributed by atoms with Crippen molar-refractivity contribution in [2.24, 2.45) is 0 Å². The molecule has 5 nitrogen and oxygen atoms in total. The van der Waals surface area contributed by atoms with Crippen molar-refractivity contribution >= 4 is 0 Å². The van der Waals surface area contributed by atoms with E-state index in [0.717, 1.165) is 11.4 Å². The summed E-state index contributed by atoms with van der Waals surface area (Å²) in [5.74, 6) is 0.741. The molecular weight excluding hydrogens is 240 g/mol. The molecular formula is C14H16N4O. The van der Waals surface area contributed by atoms with E-state index in [0.29, 0.717) is 12.0 Å². The molecule has 0 fully saturated rings. The molecule has 1 N–H and O–H groups in total. The smallest absolute Gasteiger partial charge is 0.138 e. The van der Waals surface area contributed by atoms with Crippen LogP contribution in [0.15, 0.2) is 30.6 Å². The number of nitrogens with zero attached hydrogens (tertiary/aromatic N) is 4. The highest BCUT2D eigenvalue weighted by Crippen LogP contribution is 2.19. The predicted octanol–water partition coefficient (Wildman–Crippen LogP) is 2.01. The van der Waals surface area contributed by atoms with Gasteiger partial charge in [-0.15, -0.1) is 0 Å². The fourth-order valence-electron chi connectivity index (χ4n) is 1.96. The third kappa shape index (κ3) is 2.98. The first kappa shape index (κ1) is 13.2. The minimum atomic E-state index is -0.685. The number of aliphatic hydroxyl groups excluding tert-OH is 1. The normalized spacial score (nSPS) is 12.4. The lowest BCUT2D eigenvalue weighted by Crippen LogP contribution is -2.12. The average molecular weight is 256 g/mol. The average Bonchev–Trinajstić information content (AvgIpc) is 2.87. The van der Waals surface area contributed by atoms with Crippen LogP contribution in [0, 0.1) is 11.3 Å². The van der Waals surface area contributed by atoms with Gasteiger partial charge in [0.2, 0.25) is 0 Å². The fourth-order valence-corrected chi connectivity index (χ4v) is 1.96. The molecule has 2 rings (SSSR count). The van der Waals surface area contributed by atoms with Gasteiger partial charge in [-0.25, -0.2) is 9.67 Å². The third-order valence-corrected chi connectivity index (χ3v) is 2.91. The maximum Gasteiger partial charge on any atom is 0.138 e. The summed E-state index contributed by atoms with van der Waals surface area (Å²) in [7, 11) is 0. The molecule has 0 aliphatic rings. The van der Waals surface area contributed by atoms with E-state index in [1.807, 2.05) is 19.9 Å². The van der Waals surface area contributed by atoms with Crippen molar-refractivity contribution in [1.82, 2.24) is 14.8 Å². The van der Waals surface area contributed by atoms with Gasteiger partial charge in [-0.3, -0.25) is 0 Å². The van der Waals surface area contributed by atoms with E-state index in [9.17, 15) is 5.11 Å². The summed E-state index contributed by atoms with van der Waals surface area (Å²) in [4.78, 5) is 4.17. The lowest BCUT2D eigenvalue weighted by Gasteiger charge is -2.13. The van der Waals surface area contributed by atoms with E-state index < -0.39 is 6.10 Å². The number of nitriles is 1. The molecule has 98 valence electrons. The lowest BCUT2D eigenvalue weighted by molar-refractivity contribution is 0.173. The van der Waals surface area contributed by atoms with Gasteiger partial charge in [0.15, 0.2) is 0 Å². The van der Waals surface area contributed by atoms with Gasteiger partial charge in [-0.05, 0) is 31.5 Å². The summed E-state index contributed by atoms with van der Waals surface area (Å²) in [5, 5.41) is 23.2. The highest BCUT2D eigenvalue weighted by Gasteiger charge is 2.14. The Bertz CT molecular complexity index is 597. The van der Waals surface area contributed by atoms with E-state index >= 15 is 0 Å². The fraction of sp³-hybridized carbons (Fsp3) is 0.357. The summed E-state index contributed by atoms with van der Waals surface area (Å²) in [6.07, 6.45) is 1.19. The van der Waals surface area contributed by atoms with Gasteiger partial charge in [0, 0.05) is 12.5 Å². The molecule has 0 amide bonds. The Balaban J connectivity index is 2.18. The van der Waals surface area contributed by atoms with Crippen molar-refractivity contribution in [1.29, 1.82) is 5.26 Å². The van der Waals surface area contributed by atoms with Crippen LogP contribution in [0.4, 0.5) is 0 Å². The van der Waals surface area contributed by atoms with Crippen LogP contribution in [0.2, 0.25) is 0 Å². The van der Waals surface area contributed by atoms with Crippen molar-refractivity contribution in [2.45, 2.75) is 32.4 Å². The molecule has 5 heteroatoms. The van der Waals surface area contributed by atoms with Gasteiger partial charge in [-0.1, -0.05) is 12.1 Å². The van der Waals surface area contributed by atoms with Gasteiger partial charge >= 0.3 is 0 Å². The number of hydrogen-bond acceptors (Lipinski definition) is 4. The first-order chi connectivity index (χ1) is 9.11. The number of hydrogen-bond donors (Lipinski definition) is 1. The van der Waals surface area contributed by atoms with Crippen LogP contribution in [0.3, 0.4) is 0 Å². The van der Waals surface area contributed by atoms with E-state index in [1.165, 1.54) is 6.33 Å². The molecule has 1 heterocycles. The molecule has 0 bridgehead atoms. The summed E-state index contributed by atoms with van der Waals surface area (Å²) in [6, 6.07) is 9.26. The molecule has 0 aliphatic carbocycles. The predicted molar refractivity (Wildman–Crippen MR) is 70.2 cm³/mol. The minimum absolute atomic E-state index is 0.204. The topological polar surface area (TPSA) is 74.7 Å². The first-order valence-corrected chi connectivity index (χ1v) is 6.18. The zero-order chi connectivity index (χ0) is 13.8. The van der Waals surface area contributed by atoms with Crippen LogP contribution in [0.5, 0.6) is 0 Å². The second kappa shape index (κ2) is 5.63. The van der Waals surface area contributed by atoms with Crippen molar-refractivity contribution in [2.75, 3.05) is 0 Å². The lowest BCUT2D eigenvalue weighted by atomic mass is 10.0. The number of benzene rings is 1. The zero-order valence-electron chi connectivity index (χ0n) is 11.0. The SMILES string of the molecule is CC(C)n1ncnc1CC(O)c1cccc(C#N)c1. The molecule has 0 saturated carbocycles. The van der Waals surface area contributed by atoms with Crippen LogP contribution in [-0.2, 0) is 6.42 Å². The third-order valence-electron chi connectivity index (χ3n) is 2.91. The largest absolute Gasteiger partial charge is 0.388 e. The van der Waals surface area contributed by atoms with Gasteiger partial charge in [0.1, 0.15) is 12.2 Å². The minimum Gasteiger partial charge on any atom is -0.388 e. The molecule has 2 aromatic rings. The second-order valence-corrected chi connectivity index (χ2v) is 4.67. The highest BCUT2D eigenvalue weighted by atomic mass is 16.3. The highest BCUT2D eigenvalue weighted by molar-refractivity contribution is 5.33. The van der Waals surface area contributed by atoms with Crippen molar-refractivity contribution in [3.05, 3.63) is 47.5 Å². The van der Waals surface area contributed by atoms with E-state index in [1.54, 1.807) is 22.9 Å². The Hall–Kier alpha value is -2.19. The van der Waals surface area contributed by atoms with E-state index in [2.05, 4.69) is 16.2 Å². The summed E-state index contributed by atoms with van der Waals surface area (Å²) < 4.78 is 1.79. The van der Waals surface area contributed by atoms with Crippen molar-refractivity contribution < 1.29 is 5.11 Å². The maximum absolute atomic E-state index is 10.2. The van der Waals surface area contributed by atoms with E-state index in [-0.39, 0.29) is 6.04 Å².